The molecule has 1 aliphatic rings. The van der Waals surface area contributed by atoms with Gasteiger partial charge in [0, 0.05) is 18.1 Å². The number of halogens is 1. The Morgan fingerprint density at radius 3 is 2.59 bits per heavy atom. The van der Waals surface area contributed by atoms with E-state index < -0.39 is 23.5 Å². The maximum Gasteiger partial charge on any atom is 0.296 e. The van der Waals surface area contributed by atoms with Crippen LogP contribution in [0.2, 0.25) is 0 Å². The number of pyridine rings is 1. The SMILES string of the molecule is O=C(/C=C/c1ccccc1)C1=C(O)C(=O)N(c2nnc(SCc3ccc(F)cc3)s2)C1c1cccnc1. The zero-order chi connectivity index (χ0) is 25.8. The number of benzene rings is 2. The van der Waals surface area contributed by atoms with Gasteiger partial charge in [-0.15, -0.1) is 10.2 Å². The first-order valence-corrected chi connectivity index (χ1v) is 13.0. The summed E-state index contributed by atoms with van der Waals surface area (Å²) in [5, 5.41) is 19.4. The molecule has 4 aromatic rings. The van der Waals surface area contributed by atoms with Crippen LogP contribution in [0.25, 0.3) is 6.08 Å². The predicted octanol–water partition coefficient (Wildman–Crippen LogP) is 5.55. The van der Waals surface area contributed by atoms with Crippen molar-refractivity contribution in [3.05, 3.63) is 119 Å². The molecule has 1 atom stereocenters. The minimum atomic E-state index is -0.919. The molecule has 0 bridgehead atoms. The van der Waals surface area contributed by atoms with Crippen LogP contribution in [0.4, 0.5) is 9.52 Å². The zero-order valence-electron chi connectivity index (χ0n) is 19.2. The van der Waals surface area contributed by atoms with Gasteiger partial charge < -0.3 is 5.11 Å². The monoisotopic (exact) mass is 530 g/mol. The van der Waals surface area contributed by atoms with E-state index in [2.05, 4.69) is 15.2 Å². The molecule has 1 aliphatic heterocycles. The molecule has 0 fully saturated rings. The normalized spacial score (nSPS) is 15.6. The van der Waals surface area contributed by atoms with Gasteiger partial charge in [0.1, 0.15) is 5.82 Å². The molecule has 0 saturated carbocycles. The number of thioether (sulfide) groups is 1. The van der Waals surface area contributed by atoms with Gasteiger partial charge >= 0.3 is 0 Å². The first kappa shape index (κ1) is 24.5. The van der Waals surface area contributed by atoms with Crippen LogP contribution in [-0.2, 0) is 15.3 Å². The highest BCUT2D eigenvalue weighted by molar-refractivity contribution is 8.00. The second-order valence-electron chi connectivity index (χ2n) is 8.00. The Morgan fingerprint density at radius 2 is 1.86 bits per heavy atom. The third-order valence-electron chi connectivity index (χ3n) is 5.58. The van der Waals surface area contributed by atoms with Gasteiger partial charge in [-0.1, -0.05) is 77.7 Å². The summed E-state index contributed by atoms with van der Waals surface area (Å²) in [6.07, 6.45) is 6.10. The standard InChI is InChI=1S/C27H19FN4O3S2/c28-20-11-8-18(9-12-20)16-36-27-31-30-26(37-27)32-23(19-7-4-14-29-15-19)22(24(34)25(32)35)21(33)13-10-17-5-2-1-3-6-17/h1-15,23,34H,16H2/b13-10+. The Balaban J connectivity index is 1.43. The fraction of sp³-hybridized carbons (Fsp3) is 0.0741. The van der Waals surface area contributed by atoms with E-state index in [-0.39, 0.29) is 16.5 Å². The van der Waals surface area contributed by atoms with Gasteiger partial charge in [-0.05, 0) is 41.0 Å². The van der Waals surface area contributed by atoms with Gasteiger partial charge in [-0.3, -0.25) is 19.5 Å². The molecule has 1 unspecified atom stereocenters. The molecule has 184 valence electrons. The summed E-state index contributed by atoms with van der Waals surface area (Å²) in [5.41, 5.74) is 2.21. The number of ketones is 1. The molecule has 37 heavy (non-hydrogen) atoms. The molecule has 10 heteroatoms. The first-order chi connectivity index (χ1) is 18.0. The van der Waals surface area contributed by atoms with E-state index in [0.29, 0.717) is 15.7 Å². The van der Waals surface area contributed by atoms with Gasteiger partial charge in [-0.2, -0.15) is 0 Å². The van der Waals surface area contributed by atoms with Gasteiger partial charge in [0.2, 0.25) is 5.13 Å². The molecule has 0 radical (unpaired) electrons. The second-order valence-corrected chi connectivity index (χ2v) is 10.2. The van der Waals surface area contributed by atoms with E-state index in [1.807, 2.05) is 30.3 Å². The van der Waals surface area contributed by atoms with Crippen molar-refractivity contribution in [2.75, 3.05) is 4.90 Å². The van der Waals surface area contributed by atoms with Crippen molar-refractivity contribution >= 4 is 46.0 Å². The lowest BCUT2D eigenvalue weighted by molar-refractivity contribution is -0.117. The Labute approximate surface area is 220 Å². The zero-order valence-corrected chi connectivity index (χ0v) is 20.8. The predicted molar refractivity (Wildman–Crippen MR) is 140 cm³/mol. The van der Waals surface area contributed by atoms with Gasteiger partial charge in [-0.25, -0.2) is 4.39 Å². The van der Waals surface area contributed by atoms with Crippen molar-refractivity contribution in [3.8, 4) is 0 Å². The van der Waals surface area contributed by atoms with E-state index in [4.69, 9.17) is 0 Å². The number of rotatable bonds is 8. The number of carbonyl (C=O) groups is 2. The van der Waals surface area contributed by atoms with Crippen LogP contribution in [0.3, 0.4) is 0 Å². The number of anilines is 1. The number of nitrogens with zero attached hydrogens (tertiary/aromatic N) is 4. The summed E-state index contributed by atoms with van der Waals surface area (Å²) in [4.78, 5) is 31.9. The molecule has 2 aromatic heterocycles. The molecular weight excluding hydrogens is 511 g/mol. The number of aromatic nitrogens is 3. The number of hydrogen-bond acceptors (Lipinski definition) is 8. The van der Waals surface area contributed by atoms with E-state index in [0.717, 1.165) is 22.5 Å². The molecule has 0 spiro atoms. The quantitative estimate of drug-likeness (QED) is 0.181. The first-order valence-electron chi connectivity index (χ1n) is 11.2. The van der Waals surface area contributed by atoms with Gasteiger partial charge in [0.25, 0.3) is 5.91 Å². The van der Waals surface area contributed by atoms with E-state index in [9.17, 15) is 19.1 Å². The molecule has 2 aromatic carbocycles. The van der Waals surface area contributed by atoms with Crippen LogP contribution in [0, 0.1) is 5.82 Å². The van der Waals surface area contributed by atoms with Crippen molar-refractivity contribution in [1.82, 2.24) is 15.2 Å². The van der Waals surface area contributed by atoms with E-state index >= 15 is 0 Å². The van der Waals surface area contributed by atoms with E-state index in [1.165, 1.54) is 34.9 Å². The average molecular weight is 531 g/mol. The fourth-order valence-corrected chi connectivity index (χ4v) is 5.64. The number of carbonyl (C=O) groups excluding carboxylic acids is 2. The fourth-order valence-electron chi connectivity index (χ4n) is 3.82. The minimum Gasteiger partial charge on any atom is -0.503 e. The highest BCUT2D eigenvalue weighted by atomic mass is 32.2. The molecule has 0 saturated heterocycles. The lowest BCUT2D eigenvalue weighted by Crippen LogP contribution is -2.30. The Hall–Kier alpha value is -4.15. The molecule has 1 amide bonds. The smallest absolute Gasteiger partial charge is 0.296 e. The van der Waals surface area contributed by atoms with E-state index in [1.54, 1.807) is 42.7 Å². The summed E-state index contributed by atoms with van der Waals surface area (Å²) in [6, 6.07) is 17.9. The largest absolute Gasteiger partial charge is 0.503 e. The lowest BCUT2D eigenvalue weighted by atomic mass is 9.97. The second kappa shape index (κ2) is 10.9. The van der Waals surface area contributed by atoms with Crippen molar-refractivity contribution in [1.29, 1.82) is 0 Å². The third-order valence-corrected chi connectivity index (χ3v) is 7.70. The summed E-state index contributed by atoms with van der Waals surface area (Å²) >= 11 is 2.55. The van der Waals surface area contributed by atoms with Crippen LogP contribution >= 0.6 is 23.1 Å². The van der Waals surface area contributed by atoms with Crippen LogP contribution in [-0.4, -0.2) is 32.0 Å². The summed E-state index contributed by atoms with van der Waals surface area (Å²) in [5.74, 6) is -1.64. The molecule has 7 nitrogen and oxygen atoms in total. The van der Waals surface area contributed by atoms with Crippen molar-refractivity contribution < 1.29 is 19.1 Å². The van der Waals surface area contributed by atoms with Crippen molar-refractivity contribution in [3.63, 3.8) is 0 Å². The van der Waals surface area contributed by atoms with Gasteiger partial charge in [0.15, 0.2) is 15.9 Å². The number of allylic oxidation sites excluding steroid dienone is 1. The van der Waals surface area contributed by atoms with Crippen LogP contribution in [0.5, 0.6) is 0 Å². The maximum absolute atomic E-state index is 13.3. The Bertz CT molecular complexity index is 1490. The molecule has 3 heterocycles. The molecular formula is C27H19FN4O3S2. The summed E-state index contributed by atoms with van der Waals surface area (Å²) in [7, 11) is 0. The minimum absolute atomic E-state index is 0.0547. The van der Waals surface area contributed by atoms with Gasteiger partial charge in [0.05, 0.1) is 11.6 Å². The van der Waals surface area contributed by atoms with Crippen LogP contribution in [0.1, 0.15) is 22.7 Å². The number of amides is 1. The maximum atomic E-state index is 13.3. The number of hydrogen-bond donors (Lipinski definition) is 1. The topological polar surface area (TPSA) is 96.3 Å². The highest BCUT2D eigenvalue weighted by Crippen LogP contribution is 2.43. The third kappa shape index (κ3) is 5.35. The number of aliphatic hydroxyl groups is 1. The van der Waals surface area contributed by atoms with Crippen molar-refractivity contribution in [2.45, 2.75) is 16.1 Å². The molecule has 5 rings (SSSR count). The Kier molecular flexibility index (Phi) is 7.20. The highest BCUT2D eigenvalue weighted by Gasteiger charge is 2.45. The molecule has 1 N–H and O–H groups in total. The Morgan fingerprint density at radius 1 is 1.08 bits per heavy atom. The molecule has 0 aliphatic carbocycles. The number of aliphatic hydroxyl groups excluding tert-OH is 1. The average Bonchev–Trinajstić information content (AvgIpc) is 3.50. The summed E-state index contributed by atoms with van der Waals surface area (Å²) < 4.78 is 13.8. The summed E-state index contributed by atoms with van der Waals surface area (Å²) in [6.45, 7) is 0. The van der Waals surface area contributed by atoms with Crippen LogP contribution < -0.4 is 4.90 Å². The lowest BCUT2D eigenvalue weighted by Gasteiger charge is -2.23. The van der Waals surface area contributed by atoms with Crippen molar-refractivity contribution in [2.24, 2.45) is 0 Å². The van der Waals surface area contributed by atoms with Crippen LogP contribution in [0.15, 0.2) is 101 Å².